The standard InChI is InChI=1S/C16H16F3NO2S/c1-2-3-4-14(21)22-9-13-10-23-15(20-13)11-5-7-12(8-6-11)16(17,18)19/h5-8,10H,2-4,9H2,1H3. The van der Waals surface area contributed by atoms with Crippen LogP contribution in [0.4, 0.5) is 13.2 Å². The Balaban J connectivity index is 1.98. The van der Waals surface area contributed by atoms with Crippen molar-refractivity contribution in [1.82, 2.24) is 4.98 Å². The number of aromatic nitrogens is 1. The predicted octanol–water partition coefficient (Wildman–Crippen LogP) is 5.06. The Bertz CT molecular complexity index is 650. The van der Waals surface area contributed by atoms with Crippen LogP contribution in [0.25, 0.3) is 10.6 Å². The number of rotatable bonds is 6. The van der Waals surface area contributed by atoms with Crippen LogP contribution in [-0.4, -0.2) is 11.0 Å². The van der Waals surface area contributed by atoms with E-state index >= 15 is 0 Å². The number of carbonyl (C=O) groups excluding carboxylic acids is 1. The van der Waals surface area contributed by atoms with Gasteiger partial charge >= 0.3 is 12.1 Å². The molecule has 1 aromatic heterocycles. The van der Waals surface area contributed by atoms with Crippen molar-refractivity contribution in [2.75, 3.05) is 0 Å². The van der Waals surface area contributed by atoms with E-state index in [-0.39, 0.29) is 12.6 Å². The van der Waals surface area contributed by atoms with Crippen LogP contribution in [0.15, 0.2) is 29.6 Å². The number of carbonyl (C=O) groups is 1. The summed E-state index contributed by atoms with van der Waals surface area (Å²) in [6.07, 6.45) is -2.26. The Morgan fingerprint density at radius 1 is 1.26 bits per heavy atom. The molecule has 0 amide bonds. The number of thiazole rings is 1. The zero-order chi connectivity index (χ0) is 16.9. The van der Waals surface area contributed by atoms with E-state index in [2.05, 4.69) is 4.98 Å². The molecular formula is C16H16F3NO2S. The highest BCUT2D eigenvalue weighted by Gasteiger charge is 2.30. The van der Waals surface area contributed by atoms with E-state index in [1.807, 2.05) is 6.92 Å². The Labute approximate surface area is 136 Å². The molecule has 0 aliphatic rings. The van der Waals surface area contributed by atoms with Crippen LogP contribution in [0, 0.1) is 0 Å². The van der Waals surface area contributed by atoms with Crippen molar-refractivity contribution < 1.29 is 22.7 Å². The van der Waals surface area contributed by atoms with Crippen LogP contribution in [0.2, 0.25) is 0 Å². The maximum atomic E-state index is 12.5. The molecular weight excluding hydrogens is 327 g/mol. The minimum atomic E-state index is -4.35. The van der Waals surface area contributed by atoms with Crippen molar-refractivity contribution in [1.29, 1.82) is 0 Å². The maximum Gasteiger partial charge on any atom is 0.416 e. The Morgan fingerprint density at radius 2 is 1.96 bits per heavy atom. The average Bonchev–Trinajstić information content (AvgIpc) is 2.99. The largest absolute Gasteiger partial charge is 0.459 e. The average molecular weight is 343 g/mol. The summed E-state index contributed by atoms with van der Waals surface area (Å²) in [5.41, 5.74) is 0.504. The summed E-state index contributed by atoms with van der Waals surface area (Å²) < 4.78 is 42.7. The molecule has 1 heterocycles. The highest BCUT2D eigenvalue weighted by molar-refractivity contribution is 7.13. The maximum absolute atomic E-state index is 12.5. The number of unbranched alkanes of at least 4 members (excludes halogenated alkanes) is 1. The highest BCUT2D eigenvalue weighted by Crippen LogP contribution is 2.31. The third-order valence-electron chi connectivity index (χ3n) is 3.13. The Morgan fingerprint density at radius 3 is 2.57 bits per heavy atom. The first-order chi connectivity index (χ1) is 10.9. The first kappa shape index (κ1) is 17.5. The second kappa shape index (κ2) is 7.59. The van der Waals surface area contributed by atoms with E-state index in [0.29, 0.717) is 22.7 Å². The van der Waals surface area contributed by atoms with Crippen molar-refractivity contribution in [2.24, 2.45) is 0 Å². The van der Waals surface area contributed by atoms with Crippen LogP contribution >= 0.6 is 11.3 Å². The van der Waals surface area contributed by atoms with Crippen LogP contribution < -0.4 is 0 Å². The first-order valence-electron chi connectivity index (χ1n) is 7.18. The lowest BCUT2D eigenvalue weighted by Crippen LogP contribution is -2.04. The second-order valence-corrected chi connectivity index (χ2v) is 5.84. The molecule has 0 fully saturated rings. The van der Waals surface area contributed by atoms with E-state index in [9.17, 15) is 18.0 Å². The molecule has 7 heteroatoms. The quantitative estimate of drug-likeness (QED) is 0.688. The van der Waals surface area contributed by atoms with Crippen LogP contribution in [0.1, 0.15) is 37.4 Å². The van der Waals surface area contributed by atoms with Gasteiger partial charge in [0.05, 0.1) is 11.3 Å². The van der Waals surface area contributed by atoms with E-state index in [1.165, 1.54) is 23.5 Å². The van der Waals surface area contributed by atoms with E-state index in [1.54, 1.807) is 5.38 Å². The molecule has 2 rings (SSSR count). The van der Waals surface area contributed by atoms with E-state index < -0.39 is 11.7 Å². The summed E-state index contributed by atoms with van der Waals surface area (Å²) in [4.78, 5) is 15.7. The van der Waals surface area contributed by atoms with Gasteiger partial charge < -0.3 is 4.74 Å². The molecule has 0 N–H and O–H groups in total. The summed E-state index contributed by atoms with van der Waals surface area (Å²) in [7, 11) is 0. The van der Waals surface area contributed by atoms with Crippen molar-refractivity contribution in [3.05, 3.63) is 40.9 Å². The molecule has 0 aliphatic heterocycles. The van der Waals surface area contributed by atoms with Gasteiger partial charge in [-0.25, -0.2) is 4.98 Å². The van der Waals surface area contributed by atoms with E-state index in [4.69, 9.17) is 4.74 Å². The molecule has 0 bridgehead atoms. The number of hydrogen-bond donors (Lipinski definition) is 0. The van der Waals surface area contributed by atoms with Gasteiger partial charge in [0.1, 0.15) is 11.6 Å². The molecule has 0 spiro atoms. The SMILES string of the molecule is CCCCC(=O)OCc1csc(-c2ccc(C(F)(F)F)cc2)n1. The van der Waals surface area contributed by atoms with Crippen LogP contribution in [0.3, 0.4) is 0 Å². The number of nitrogens with zero attached hydrogens (tertiary/aromatic N) is 1. The molecule has 0 atom stereocenters. The van der Waals surface area contributed by atoms with Crippen LogP contribution in [0.5, 0.6) is 0 Å². The molecule has 0 unspecified atom stereocenters. The molecule has 23 heavy (non-hydrogen) atoms. The summed E-state index contributed by atoms with van der Waals surface area (Å²) >= 11 is 1.30. The van der Waals surface area contributed by atoms with Crippen LogP contribution in [-0.2, 0) is 22.3 Å². The van der Waals surface area contributed by atoms with Gasteiger partial charge in [-0.1, -0.05) is 25.5 Å². The molecule has 0 radical (unpaired) electrons. The number of esters is 1. The fraction of sp³-hybridized carbons (Fsp3) is 0.375. The molecule has 0 saturated carbocycles. The van der Waals surface area contributed by atoms with Crippen molar-refractivity contribution >= 4 is 17.3 Å². The number of alkyl halides is 3. The lowest BCUT2D eigenvalue weighted by Gasteiger charge is -2.06. The highest BCUT2D eigenvalue weighted by atomic mass is 32.1. The molecule has 2 aromatic rings. The predicted molar refractivity (Wildman–Crippen MR) is 81.9 cm³/mol. The Hall–Kier alpha value is -1.89. The molecule has 3 nitrogen and oxygen atoms in total. The summed E-state index contributed by atoms with van der Waals surface area (Å²) in [5.74, 6) is -0.268. The van der Waals surface area contributed by atoms with Crippen molar-refractivity contribution in [3.8, 4) is 10.6 Å². The van der Waals surface area contributed by atoms with Gasteiger partial charge in [-0.05, 0) is 18.6 Å². The zero-order valence-electron chi connectivity index (χ0n) is 12.5. The van der Waals surface area contributed by atoms with Gasteiger partial charge in [-0.2, -0.15) is 13.2 Å². The van der Waals surface area contributed by atoms with Gasteiger partial charge in [0.15, 0.2) is 0 Å². The molecule has 124 valence electrons. The molecule has 0 saturated heterocycles. The third-order valence-corrected chi connectivity index (χ3v) is 4.07. The minimum Gasteiger partial charge on any atom is -0.459 e. The van der Waals surface area contributed by atoms with Gasteiger partial charge in [0, 0.05) is 17.4 Å². The smallest absolute Gasteiger partial charge is 0.416 e. The van der Waals surface area contributed by atoms with Gasteiger partial charge in [0.25, 0.3) is 0 Å². The number of ether oxygens (including phenoxy) is 1. The molecule has 0 aliphatic carbocycles. The fourth-order valence-corrected chi connectivity index (χ4v) is 2.67. The number of benzene rings is 1. The second-order valence-electron chi connectivity index (χ2n) is 4.98. The molecule has 1 aromatic carbocycles. The lowest BCUT2D eigenvalue weighted by molar-refractivity contribution is -0.145. The first-order valence-corrected chi connectivity index (χ1v) is 8.05. The Kier molecular flexibility index (Phi) is 5.76. The fourth-order valence-electron chi connectivity index (χ4n) is 1.86. The lowest BCUT2D eigenvalue weighted by atomic mass is 10.1. The van der Waals surface area contributed by atoms with Gasteiger partial charge in [-0.15, -0.1) is 11.3 Å². The van der Waals surface area contributed by atoms with Crippen molar-refractivity contribution in [2.45, 2.75) is 39.0 Å². The number of halogens is 3. The van der Waals surface area contributed by atoms with Gasteiger partial charge in [0.2, 0.25) is 0 Å². The topological polar surface area (TPSA) is 39.2 Å². The normalized spacial score (nSPS) is 11.5. The zero-order valence-corrected chi connectivity index (χ0v) is 13.3. The minimum absolute atomic E-state index is 0.0830. The van der Waals surface area contributed by atoms with Crippen molar-refractivity contribution in [3.63, 3.8) is 0 Å². The third kappa shape index (κ3) is 5.06. The van der Waals surface area contributed by atoms with E-state index in [0.717, 1.165) is 25.0 Å². The number of hydrogen-bond acceptors (Lipinski definition) is 4. The summed E-state index contributed by atoms with van der Waals surface area (Å²) in [6.45, 7) is 2.07. The monoisotopic (exact) mass is 343 g/mol. The van der Waals surface area contributed by atoms with Gasteiger partial charge in [-0.3, -0.25) is 4.79 Å². The summed E-state index contributed by atoms with van der Waals surface area (Å²) in [6, 6.07) is 4.83. The summed E-state index contributed by atoms with van der Waals surface area (Å²) in [5, 5.41) is 2.33.